The second kappa shape index (κ2) is 8.23. The lowest BCUT2D eigenvalue weighted by Crippen LogP contribution is -2.41. The highest BCUT2D eigenvalue weighted by Crippen LogP contribution is 2.25. The van der Waals surface area contributed by atoms with Gasteiger partial charge in [-0.15, -0.1) is 5.10 Å². The first-order valence-electron chi connectivity index (χ1n) is 8.90. The van der Waals surface area contributed by atoms with Crippen LogP contribution in [0.1, 0.15) is 39.3 Å². The SMILES string of the molecule is CC(C)(N=NC(C)(C)C1=NCCN1)C1=NCCN1.Cc1nc(C(F)(F)F)n[nH]1. The topological polar surface area (TPSA) is 115 Å². The Morgan fingerprint density at radius 3 is 1.57 bits per heavy atom. The number of nitrogens with zero attached hydrogens (tertiary/aromatic N) is 6. The van der Waals surface area contributed by atoms with E-state index in [0.29, 0.717) is 0 Å². The minimum Gasteiger partial charge on any atom is -0.370 e. The van der Waals surface area contributed by atoms with Crippen LogP contribution < -0.4 is 10.6 Å². The third-order valence-electron chi connectivity index (χ3n) is 3.91. The van der Waals surface area contributed by atoms with E-state index in [2.05, 4.69) is 46.0 Å². The Morgan fingerprint density at radius 1 is 0.857 bits per heavy atom. The molecule has 0 fully saturated rings. The molecule has 0 aromatic carbocycles. The third-order valence-corrected chi connectivity index (χ3v) is 3.91. The van der Waals surface area contributed by atoms with E-state index >= 15 is 0 Å². The monoisotopic (exact) mass is 401 g/mol. The van der Waals surface area contributed by atoms with Gasteiger partial charge in [0.05, 0.1) is 13.1 Å². The number of halogens is 3. The summed E-state index contributed by atoms with van der Waals surface area (Å²) in [6.07, 6.45) is -4.44. The van der Waals surface area contributed by atoms with Gasteiger partial charge in [0.25, 0.3) is 5.82 Å². The Bertz CT molecular complexity index is 722. The maximum absolute atomic E-state index is 11.7. The lowest BCUT2D eigenvalue weighted by Gasteiger charge is -2.23. The van der Waals surface area contributed by atoms with Gasteiger partial charge in [0.1, 0.15) is 28.6 Å². The predicted molar refractivity (Wildman–Crippen MR) is 99.7 cm³/mol. The second-order valence-electron chi connectivity index (χ2n) is 7.37. The van der Waals surface area contributed by atoms with E-state index in [1.807, 2.05) is 27.7 Å². The highest BCUT2D eigenvalue weighted by atomic mass is 19.4. The summed E-state index contributed by atoms with van der Waals surface area (Å²) < 4.78 is 35.0. The Kier molecular flexibility index (Phi) is 6.40. The molecule has 0 spiro atoms. The first kappa shape index (κ1) is 21.8. The largest absolute Gasteiger partial charge is 0.453 e. The van der Waals surface area contributed by atoms with Crippen molar-refractivity contribution in [3.8, 4) is 0 Å². The molecule has 0 saturated heterocycles. The lowest BCUT2D eigenvalue weighted by atomic mass is 10.0. The van der Waals surface area contributed by atoms with Crippen molar-refractivity contribution < 1.29 is 13.2 Å². The number of azo groups is 1. The fourth-order valence-electron chi connectivity index (χ4n) is 2.43. The van der Waals surface area contributed by atoms with E-state index < -0.39 is 23.1 Å². The zero-order chi connectivity index (χ0) is 21.0. The molecule has 28 heavy (non-hydrogen) atoms. The van der Waals surface area contributed by atoms with E-state index in [1.54, 1.807) is 0 Å². The van der Waals surface area contributed by atoms with Crippen molar-refractivity contribution >= 4 is 11.7 Å². The summed E-state index contributed by atoms with van der Waals surface area (Å²) in [6.45, 7) is 12.9. The third kappa shape index (κ3) is 5.73. The molecule has 12 heteroatoms. The van der Waals surface area contributed by atoms with E-state index in [1.165, 1.54) is 6.92 Å². The first-order chi connectivity index (χ1) is 12.9. The average Bonchev–Trinajstić information content (AvgIpc) is 3.34. The summed E-state index contributed by atoms with van der Waals surface area (Å²) in [4.78, 5) is 11.9. The number of aromatic nitrogens is 3. The number of H-pyrrole nitrogens is 1. The van der Waals surface area contributed by atoms with Gasteiger partial charge in [0, 0.05) is 13.1 Å². The zero-order valence-corrected chi connectivity index (χ0v) is 16.6. The van der Waals surface area contributed by atoms with Crippen molar-refractivity contribution in [3.63, 3.8) is 0 Å². The predicted octanol–water partition coefficient (Wildman–Crippen LogP) is 2.13. The maximum atomic E-state index is 11.7. The molecule has 0 bridgehead atoms. The molecule has 3 N–H and O–H groups in total. The molecule has 0 amide bonds. The molecule has 156 valence electrons. The van der Waals surface area contributed by atoms with Crippen molar-refractivity contribution in [1.29, 1.82) is 0 Å². The Morgan fingerprint density at radius 2 is 1.32 bits per heavy atom. The normalized spacial score (nSPS) is 17.6. The molecule has 0 aliphatic carbocycles. The lowest BCUT2D eigenvalue weighted by molar-refractivity contribution is -0.144. The van der Waals surface area contributed by atoms with Gasteiger partial charge in [0.2, 0.25) is 0 Å². The highest BCUT2D eigenvalue weighted by Gasteiger charge is 2.35. The van der Waals surface area contributed by atoms with E-state index in [-0.39, 0.29) is 5.82 Å². The van der Waals surface area contributed by atoms with Crippen molar-refractivity contribution in [2.45, 2.75) is 51.9 Å². The summed E-state index contributed by atoms with van der Waals surface area (Å²) >= 11 is 0. The quantitative estimate of drug-likeness (QED) is 0.671. The van der Waals surface area contributed by atoms with Crippen LogP contribution in [0.15, 0.2) is 20.2 Å². The molecule has 2 aliphatic heterocycles. The highest BCUT2D eigenvalue weighted by molar-refractivity contribution is 5.93. The number of aryl methyl sites for hydroxylation is 1. The molecule has 0 unspecified atom stereocenters. The van der Waals surface area contributed by atoms with Gasteiger partial charge in [0.15, 0.2) is 0 Å². The van der Waals surface area contributed by atoms with Gasteiger partial charge in [-0.3, -0.25) is 15.1 Å². The summed E-state index contributed by atoms with van der Waals surface area (Å²) in [5.74, 6) is 0.879. The van der Waals surface area contributed by atoms with Gasteiger partial charge in [-0.1, -0.05) is 0 Å². The van der Waals surface area contributed by atoms with Crippen molar-refractivity contribution in [3.05, 3.63) is 11.6 Å². The standard InChI is InChI=1S/C12H22N6.C4H4F3N3/c1-11(2,9-13-5-6-14-9)17-18-12(3,4)10-15-7-8-16-10;1-2-8-3(10-9-2)4(5,6)7/h5-8H2,1-4H3,(H,13,14)(H,15,16);1H3,(H,8,9,10). The van der Waals surface area contributed by atoms with Gasteiger partial charge >= 0.3 is 6.18 Å². The van der Waals surface area contributed by atoms with Gasteiger partial charge < -0.3 is 10.6 Å². The summed E-state index contributed by atoms with van der Waals surface area (Å²) in [7, 11) is 0. The van der Waals surface area contributed by atoms with Crippen LogP contribution in [0.2, 0.25) is 0 Å². The van der Waals surface area contributed by atoms with E-state index in [0.717, 1.165) is 37.9 Å². The van der Waals surface area contributed by atoms with Gasteiger partial charge in [-0.2, -0.15) is 23.4 Å². The first-order valence-corrected chi connectivity index (χ1v) is 8.90. The van der Waals surface area contributed by atoms with Crippen LogP contribution >= 0.6 is 0 Å². The smallest absolute Gasteiger partial charge is 0.370 e. The van der Waals surface area contributed by atoms with Gasteiger partial charge in [-0.05, 0) is 34.6 Å². The van der Waals surface area contributed by atoms with Crippen LogP contribution in [0.3, 0.4) is 0 Å². The molecule has 3 heterocycles. The van der Waals surface area contributed by atoms with Crippen LogP contribution in [0.5, 0.6) is 0 Å². The number of nitrogens with one attached hydrogen (secondary N) is 3. The molecule has 1 aromatic heterocycles. The summed E-state index contributed by atoms with van der Waals surface area (Å²) in [5, 5.41) is 20.5. The number of hydrogen-bond donors (Lipinski definition) is 3. The molecule has 1 aromatic rings. The number of amidine groups is 2. The molecule has 0 saturated carbocycles. The Balaban J connectivity index is 0.000000237. The van der Waals surface area contributed by atoms with Crippen LogP contribution in [0, 0.1) is 6.92 Å². The van der Waals surface area contributed by atoms with Crippen LogP contribution in [0.4, 0.5) is 13.2 Å². The zero-order valence-electron chi connectivity index (χ0n) is 16.6. The second-order valence-corrected chi connectivity index (χ2v) is 7.37. The van der Waals surface area contributed by atoms with E-state index in [4.69, 9.17) is 0 Å². The molecular weight excluding hydrogens is 375 g/mol. The molecule has 3 rings (SSSR count). The Labute approximate surface area is 161 Å². The molecule has 0 radical (unpaired) electrons. The minimum absolute atomic E-state index is 0.160. The van der Waals surface area contributed by atoms with Crippen molar-refractivity contribution in [1.82, 2.24) is 25.8 Å². The molecular formula is C16H26F3N9. The van der Waals surface area contributed by atoms with Crippen LogP contribution in [0.25, 0.3) is 0 Å². The number of aromatic amines is 1. The molecule has 0 atom stereocenters. The fourth-order valence-corrected chi connectivity index (χ4v) is 2.43. The van der Waals surface area contributed by atoms with Crippen molar-refractivity contribution in [2.24, 2.45) is 20.2 Å². The van der Waals surface area contributed by atoms with Crippen molar-refractivity contribution in [2.75, 3.05) is 26.2 Å². The maximum Gasteiger partial charge on any atom is 0.453 e. The summed E-state index contributed by atoms with van der Waals surface area (Å²) in [5.41, 5.74) is -0.792. The fraction of sp³-hybridized carbons (Fsp3) is 0.750. The van der Waals surface area contributed by atoms with Crippen LogP contribution in [-0.2, 0) is 6.18 Å². The van der Waals surface area contributed by atoms with Crippen LogP contribution in [-0.4, -0.2) is 64.1 Å². The Hall–Kier alpha value is -2.53. The molecule has 2 aliphatic rings. The average molecular weight is 401 g/mol. The number of aliphatic imine (C=N–C) groups is 2. The number of alkyl halides is 3. The minimum atomic E-state index is -4.44. The number of hydrogen-bond acceptors (Lipinski definition) is 8. The van der Waals surface area contributed by atoms with Gasteiger partial charge in [-0.25, -0.2) is 4.98 Å². The summed E-state index contributed by atoms with van der Waals surface area (Å²) in [6, 6.07) is 0. The molecule has 9 nitrogen and oxygen atoms in total. The number of rotatable bonds is 4. The van der Waals surface area contributed by atoms with E-state index in [9.17, 15) is 13.2 Å².